The fourth-order valence-corrected chi connectivity index (χ4v) is 4.33. The van der Waals surface area contributed by atoms with Crippen molar-refractivity contribution < 1.29 is 22.4 Å². The van der Waals surface area contributed by atoms with Crippen LogP contribution in [0.2, 0.25) is 0 Å². The van der Waals surface area contributed by atoms with Crippen molar-refractivity contribution in [3.05, 3.63) is 98.5 Å². The highest BCUT2D eigenvalue weighted by atomic mass is 32.1. The number of Topliss-reactive ketones (excluding diaryl/α,β-unsaturated/α-hetero) is 1. The van der Waals surface area contributed by atoms with Crippen molar-refractivity contribution in [1.29, 1.82) is 0 Å². The van der Waals surface area contributed by atoms with E-state index < -0.39 is 17.7 Å². The lowest BCUT2D eigenvalue weighted by molar-refractivity contribution is -0.137. The molecule has 0 aliphatic rings. The van der Waals surface area contributed by atoms with Crippen LogP contribution in [0.3, 0.4) is 0 Å². The Morgan fingerprint density at radius 2 is 1.91 bits per heavy atom. The van der Waals surface area contributed by atoms with Gasteiger partial charge >= 0.3 is 6.18 Å². The van der Waals surface area contributed by atoms with Crippen LogP contribution in [-0.2, 0) is 12.6 Å². The number of aromatic nitrogens is 1. The Morgan fingerprint density at radius 3 is 2.67 bits per heavy atom. The summed E-state index contributed by atoms with van der Waals surface area (Å²) in [4.78, 5) is 28.7. The molecule has 0 amide bonds. The van der Waals surface area contributed by atoms with E-state index in [-0.39, 0.29) is 23.7 Å². The lowest BCUT2D eigenvalue weighted by Crippen LogP contribution is -2.08. The second kappa shape index (κ2) is 9.11. The first-order valence-electron chi connectivity index (χ1n) is 9.93. The minimum absolute atomic E-state index is 0.150. The summed E-state index contributed by atoms with van der Waals surface area (Å²) in [6.45, 7) is 1.70. The van der Waals surface area contributed by atoms with Gasteiger partial charge in [0.15, 0.2) is 5.76 Å². The maximum absolute atomic E-state index is 12.9. The largest absolute Gasteiger partial charge is 0.453 e. The topological polar surface area (TPSA) is 72.5 Å². The number of carbonyl (C=O) groups is 1. The van der Waals surface area contributed by atoms with E-state index >= 15 is 0 Å². The second-order valence-electron chi connectivity index (χ2n) is 7.43. The summed E-state index contributed by atoms with van der Waals surface area (Å²) in [5.41, 5.74) is 0.691. The maximum Gasteiger partial charge on any atom is 0.416 e. The summed E-state index contributed by atoms with van der Waals surface area (Å²) in [6.07, 6.45) is -2.53. The van der Waals surface area contributed by atoms with Gasteiger partial charge in [0.1, 0.15) is 16.5 Å². The summed E-state index contributed by atoms with van der Waals surface area (Å²) in [7, 11) is 0. The Labute approximate surface area is 190 Å². The zero-order valence-corrected chi connectivity index (χ0v) is 18.1. The van der Waals surface area contributed by atoms with E-state index in [1.54, 1.807) is 55.6 Å². The third-order valence-corrected chi connectivity index (χ3v) is 6.23. The molecule has 0 spiro atoms. The van der Waals surface area contributed by atoms with E-state index in [9.17, 15) is 22.9 Å². The number of alkyl halides is 3. The molecular formula is C24H17F3N2O3S. The van der Waals surface area contributed by atoms with Gasteiger partial charge in [-0.3, -0.25) is 4.79 Å². The highest BCUT2D eigenvalue weighted by molar-refractivity contribution is 7.11. The van der Waals surface area contributed by atoms with E-state index in [1.165, 1.54) is 17.4 Å². The summed E-state index contributed by atoms with van der Waals surface area (Å²) >= 11 is 1.28. The molecule has 5 nitrogen and oxygen atoms in total. The summed E-state index contributed by atoms with van der Waals surface area (Å²) < 4.78 is 44.5. The van der Waals surface area contributed by atoms with Crippen LogP contribution in [0.25, 0.3) is 11.3 Å². The van der Waals surface area contributed by atoms with Gasteiger partial charge in [0.05, 0.1) is 11.5 Å². The molecule has 4 aromatic rings. The Kier molecular flexibility index (Phi) is 6.24. The molecular weight excluding hydrogens is 453 g/mol. The lowest BCUT2D eigenvalue weighted by atomic mass is 10.1. The van der Waals surface area contributed by atoms with Crippen molar-refractivity contribution >= 4 is 22.8 Å². The van der Waals surface area contributed by atoms with Gasteiger partial charge in [-0.2, -0.15) is 13.2 Å². The van der Waals surface area contributed by atoms with Crippen LogP contribution >= 0.6 is 11.3 Å². The number of furan rings is 1. The molecule has 0 bridgehead atoms. The third-order valence-electron chi connectivity index (χ3n) is 5.05. The zero-order chi connectivity index (χ0) is 23.6. The van der Waals surface area contributed by atoms with E-state index in [0.717, 1.165) is 17.0 Å². The Hall–Kier alpha value is -3.59. The monoisotopic (exact) mass is 470 g/mol. The van der Waals surface area contributed by atoms with E-state index in [1.807, 2.05) is 0 Å². The molecule has 33 heavy (non-hydrogen) atoms. The van der Waals surface area contributed by atoms with Crippen LogP contribution in [0.5, 0.6) is 0 Å². The SMILES string of the molecule is CC(C(=O)c1ccc(-c2cccc(N=O)c2)o1)c1ncc(Cc2cccc(C(F)(F)F)c2)s1. The first-order valence-corrected chi connectivity index (χ1v) is 10.7. The van der Waals surface area contributed by atoms with Crippen LogP contribution < -0.4 is 0 Å². The van der Waals surface area contributed by atoms with Crippen molar-refractivity contribution in [1.82, 2.24) is 4.98 Å². The predicted octanol–water partition coefficient (Wildman–Crippen LogP) is 7.40. The molecule has 2 aromatic carbocycles. The first-order chi connectivity index (χ1) is 15.7. The number of rotatable bonds is 7. The van der Waals surface area contributed by atoms with Crippen LogP contribution in [0, 0.1) is 4.91 Å². The van der Waals surface area contributed by atoms with E-state index in [2.05, 4.69) is 10.2 Å². The predicted molar refractivity (Wildman–Crippen MR) is 119 cm³/mol. The summed E-state index contributed by atoms with van der Waals surface area (Å²) in [5.74, 6) is -0.282. The molecule has 1 atom stereocenters. The fourth-order valence-electron chi connectivity index (χ4n) is 3.33. The van der Waals surface area contributed by atoms with Gasteiger partial charge in [-0.15, -0.1) is 16.2 Å². The molecule has 2 aromatic heterocycles. The molecule has 0 N–H and O–H groups in total. The molecule has 0 saturated heterocycles. The van der Waals surface area contributed by atoms with Gasteiger partial charge in [-0.25, -0.2) is 4.98 Å². The first kappa shape index (κ1) is 22.6. The quantitative estimate of drug-likeness (QED) is 0.208. The normalized spacial score (nSPS) is 12.5. The van der Waals surface area contributed by atoms with Gasteiger partial charge in [0, 0.05) is 23.1 Å². The van der Waals surface area contributed by atoms with Crippen LogP contribution in [0.15, 0.2) is 76.5 Å². The molecule has 0 saturated carbocycles. The number of carbonyl (C=O) groups excluding carboxylic acids is 1. The second-order valence-corrected chi connectivity index (χ2v) is 8.58. The molecule has 0 aliphatic carbocycles. The number of ketones is 1. The van der Waals surface area contributed by atoms with Gasteiger partial charge in [0.25, 0.3) is 0 Å². The van der Waals surface area contributed by atoms with Gasteiger partial charge in [0.2, 0.25) is 5.78 Å². The third kappa shape index (κ3) is 5.09. The Morgan fingerprint density at radius 1 is 1.12 bits per heavy atom. The molecule has 168 valence electrons. The van der Waals surface area contributed by atoms with Crippen molar-refractivity contribution in [2.75, 3.05) is 0 Å². The number of benzene rings is 2. The minimum Gasteiger partial charge on any atom is -0.453 e. The number of nitroso groups, excluding NO2 is 1. The van der Waals surface area contributed by atoms with Gasteiger partial charge in [-0.05, 0) is 48.0 Å². The van der Waals surface area contributed by atoms with Gasteiger partial charge in [-0.1, -0.05) is 30.3 Å². The van der Waals surface area contributed by atoms with Crippen molar-refractivity contribution in [2.45, 2.75) is 25.4 Å². The number of hydrogen-bond donors (Lipinski definition) is 0. The minimum atomic E-state index is -4.40. The van der Waals surface area contributed by atoms with Gasteiger partial charge < -0.3 is 4.42 Å². The number of halogens is 3. The van der Waals surface area contributed by atoms with Crippen molar-refractivity contribution in [3.8, 4) is 11.3 Å². The molecule has 1 unspecified atom stereocenters. The van der Waals surface area contributed by atoms with Crippen molar-refractivity contribution in [2.24, 2.45) is 5.18 Å². The fraction of sp³-hybridized carbons (Fsp3) is 0.167. The zero-order valence-electron chi connectivity index (χ0n) is 17.3. The van der Waals surface area contributed by atoms with Crippen LogP contribution in [-0.4, -0.2) is 10.8 Å². The Balaban J connectivity index is 1.48. The molecule has 0 aliphatic heterocycles. The van der Waals surface area contributed by atoms with Crippen LogP contribution in [0.1, 0.15) is 44.4 Å². The molecule has 0 radical (unpaired) electrons. The smallest absolute Gasteiger partial charge is 0.416 e. The maximum atomic E-state index is 12.9. The molecule has 0 fully saturated rings. The molecule has 4 rings (SSSR count). The number of thiazole rings is 1. The van der Waals surface area contributed by atoms with E-state index in [4.69, 9.17) is 4.42 Å². The van der Waals surface area contributed by atoms with Crippen molar-refractivity contribution in [3.63, 3.8) is 0 Å². The molecule has 2 heterocycles. The van der Waals surface area contributed by atoms with Crippen LogP contribution in [0.4, 0.5) is 18.9 Å². The highest BCUT2D eigenvalue weighted by Crippen LogP contribution is 2.32. The standard InChI is InChI=1S/C24H17F3N2O3S/c1-14(22(30)21-9-8-20(32-21)16-5-3-7-18(12-16)29-31)23-28-13-19(33-23)11-15-4-2-6-17(10-15)24(25,26)27/h2-10,12-14H,11H2,1H3. The Bertz CT molecular complexity index is 1310. The van der Waals surface area contributed by atoms with E-state index in [0.29, 0.717) is 21.9 Å². The number of nitrogens with zero attached hydrogens (tertiary/aromatic N) is 2. The molecule has 9 heteroatoms. The average Bonchev–Trinajstić information content (AvgIpc) is 3.48. The lowest BCUT2D eigenvalue weighted by Gasteiger charge is -2.08. The highest BCUT2D eigenvalue weighted by Gasteiger charge is 2.30. The average molecular weight is 470 g/mol. The summed E-state index contributed by atoms with van der Waals surface area (Å²) in [5, 5.41) is 3.44. The summed E-state index contributed by atoms with van der Waals surface area (Å²) in [6, 6.07) is 14.9. The number of hydrogen-bond acceptors (Lipinski definition) is 6.